The van der Waals surface area contributed by atoms with Gasteiger partial charge in [0.05, 0.1) is 18.6 Å². The monoisotopic (exact) mass is 302 g/mol. The van der Waals surface area contributed by atoms with Gasteiger partial charge in [-0.3, -0.25) is 0 Å². The van der Waals surface area contributed by atoms with Crippen molar-refractivity contribution in [1.29, 1.82) is 0 Å². The second-order valence-electron chi connectivity index (χ2n) is 4.49. The van der Waals surface area contributed by atoms with Gasteiger partial charge in [-0.1, -0.05) is 0 Å². The van der Waals surface area contributed by atoms with Crippen LogP contribution >= 0.6 is 0 Å². The molecule has 0 amide bonds. The summed E-state index contributed by atoms with van der Waals surface area (Å²) in [7, 11) is -0.538. The van der Waals surface area contributed by atoms with E-state index in [2.05, 4.69) is 4.72 Å². The highest BCUT2D eigenvalue weighted by Gasteiger charge is 2.21. The number of sulfonamides is 1. The van der Waals surface area contributed by atoms with Crippen molar-refractivity contribution in [2.45, 2.75) is 24.3 Å². The van der Waals surface area contributed by atoms with Crippen molar-refractivity contribution in [2.24, 2.45) is 5.73 Å². The summed E-state index contributed by atoms with van der Waals surface area (Å²) in [6.45, 7) is 2.41. The first-order valence-corrected chi connectivity index (χ1v) is 7.81. The average Bonchev–Trinajstić information content (AvgIpc) is 2.38. The molecule has 3 N–H and O–H groups in total. The van der Waals surface area contributed by atoms with Crippen LogP contribution in [0.2, 0.25) is 0 Å². The minimum atomic E-state index is -3.60. The Kier molecular flexibility index (Phi) is 6.41. The zero-order chi connectivity index (χ0) is 15.2. The standard InChI is InChI=1S/C13H22N2O4S/c1-10(9-18-2)15-20(16,17)13-5-4-12(19-3)8-11(13)6-7-14/h4-5,8,10,15H,6-7,9,14H2,1-3H3. The van der Waals surface area contributed by atoms with Gasteiger partial charge in [-0.05, 0) is 43.7 Å². The lowest BCUT2D eigenvalue weighted by Crippen LogP contribution is -2.36. The molecule has 0 aliphatic rings. The van der Waals surface area contributed by atoms with E-state index in [4.69, 9.17) is 15.2 Å². The molecular formula is C13H22N2O4S. The molecule has 0 fully saturated rings. The molecule has 0 aliphatic carbocycles. The molecule has 1 aromatic rings. The molecule has 0 spiro atoms. The summed E-state index contributed by atoms with van der Waals surface area (Å²) in [6, 6.07) is 4.54. The number of methoxy groups -OCH3 is 2. The molecule has 114 valence electrons. The van der Waals surface area contributed by atoms with Gasteiger partial charge < -0.3 is 15.2 Å². The summed E-state index contributed by atoms with van der Waals surface area (Å²) in [6.07, 6.45) is 0.464. The molecule has 0 heterocycles. The highest BCUT2D eigenvalue weighted by molar-refractivity contribution is 7.89. The van der Waals surface area contributed by atoms with Crippen molar-refractivity contribution in [3.63, 3.8) is 0 Å². The van der Waals surface area contributed by atoms with Crippen LogP contribution in [0.4, 0.5) is 0 Å². The van der Waals surface area contributed by atoms with Gasteiger partial charge in [0.2, 0.25) is 10.0 Å². The van der Waals surface area contributed by atoms with E-state index in [0.717, 1.165) is 0 Å². The van der Waals surface area contributed by atoms with Crippen molar-refractivity contribution in [1.82, 2.24) is 4.72 Å². The number of ether oxygens (including phenoxy) is 2. The van der Waals surface area contributed by atoms with Crippen molar-refractivity contribution in [3.8, 4) is 5.75 Å². The second kappa shape index (κ2) is 7.58. The lowest BCUT2D eigenvalue weighted by Gasteiger charge is -2.16. The largest absolute Gasteiger partial charge is 0.497 e. The zero-order valence-corrected chi connectivity index (χ0v) is 12.9. The van der Waals surface area contributed by atoms with Crippen LogP contribution in [-0.2, 0) is 21.2 Å². The van der Waals surface area contributed by atoms with Crippen molar-refractivity contribution >= 4 is 10.0 Å². The van der Waals surface area contributed by atoms with Crippen LogP contribution in [0.15, 0.2) is 23.1 Å². The fraction of sp³-hybridized carbons (Fsp3) is 0.538. The van der Waals surface area contributed by atoms with E-state index in [1.54, 1.807) is 19.1 Å². The fourth-order valence-corrected chi connectivity index (χ4v) is 3.39. The number of nitrogens with two attached hydrogens (primary N) is 1. The average molecular weight is 302 g/mol. The van der Waals surface area contributed by atoms with Gasteiger partial charge in [0, 0.05) is 13.2 Å². The molecule has 0 saturated carbocycles. The van der Waals surface area contributed by atoms with Gasteiger partial charge in [0.25, 0.3) is 0 Å². The zero-order valence-electron chi connectivity index (χ0n) is 12.0. The third-order valence-electron chi connectivity index (χ3n) is 2.74. The summed E-state index contributed by atoms with van der Waals surface area (Å²) in [5.74, 6) is 0.609. The van der Waals surface area contributed by atoms with E-state index >= 15 is 0 Å². The van der Waals surface area contributed by atoms with E-state index in [0.29, 0.717) is 30.9 Å². The van der Waals surface area contributed by atoms with E-state index < -0.39 is 10.0 Å². The maximum absolute atomic E-state index is 12.4. The minimum absolute atomic E-state index is 0.228. The molecule has 0 aliphatic heterocycles. The van der Waals surface area contributed by atoms with Gasteiger partial charge in [0.1, 0.15) is 5.75 Å². The molecule has 1 rings (SSSR count). The van der Waals surface area contributed by atoms with E-state index in [9.17, 15) is 8.42 Å². The first-order valence-electron chi connectivity index (χ1n) is 6.32. The molecule has 7 heteroatoms. The van der Waals surface area contributed by atoms with Crippen molar-refractivity contribution in [3.05, 3.63) is 23.8 Å². The van der Waals surface area contributed by atoms with Gasteiger partial charge in [-0.15, -0.1) is 0 Å². The predicted molar refractivity (Wildman–Crippen MR) is 77.4 cm³/mol. The molecular weight excluding hydrogens is 280 g/mol. The molecule has 0 radical (unpaired) electrons. The number of benzene rings is 1. The topological polar surface area (TPSA) is 90.6 Å². The minimum Gasteiger partial charge on any atom is -0.497 e. The Morgan fingerprint density at radius 3 is 2.60 bits per heavy atom. The predicted octanol–water partition coefficient (Wildman–Crippen LogP) is 0.510. The molecule has 20 heavy (non-hydrogen) atoms. The Hall–Kier alpha value is -1.15. The summed E-state index contributed by atoms with van der Waals surface area (Å²) < 4.78 is 37.3. The Labute approximate surface area is 120 Å². The van der Waals surface area contributed by atoms with Crippen LogP contribution < -0.4 is 15.2 Å². The van der Waals surface area contributed by atoms with Crippen LogP contribution in [0, 0.1) is 0 Å². The lowest BCUT2D eigenvalue weighted by atomic mass is 10.1. The van der Waals surface area contributed by atoms with Crippen LogP contribution in [0.3, 0.4) is 0 Å². The van der Waals surface area contributed by atoms with Crippen LogP contribution in [0.1, 0.15) is 12.5 Å². The van der Waals surface area contributed by atoms with Crippen molar-refractivity contribution in [2.75, 3.05) is 27.4 Å². The summed E-state index contributed by atoms with van der Waals surface area (Å²) in [5, 5.41) is 0. The third-order valence-corrected chi connectivity index (χ3v) is 4.43. The molecule has 1 aromatic carbocycles. The van der Waals surface area contributed by atoms with Crippen LogP contribution in [0.5, 0.6) is 5.75 Å². The maximum Gasteiger partial charge on any atom is 0.241 e. The molecule has 0 aromatic heterocycles. The smallest absolute Gasteiger partial charge is 0.241 e. The number of nitrogens with one attached hydrogen (secondary N) is 1. The normalized spacial score (nSPS) is 13.2. The van der Waals surface area contributed by atoms with Gasteiger partial charge in [-0.25, -0.2) is 13.1 Å². The number of rotatable bonds is 8. The summed E-state index contributed by atoms with van der Waals surface area (Å²) in [5.41, 5.74) is 6.18. The highest BCUT2D eigenvalue weighted by Crippen LogP contribution is 2.22. The van der Waals surface area contributed by atoms with Crippen LogP contribution in [-0.4, -0.2) is 41.8 Å². The molecule has 6 nitrogen and oxygen atoms in total. The van der Waals surface area contributed by atoms with Crippen molar-refractivity contribution < 1.29 is 17.9 Å². The molecule has 0 saturated heterocycles. The van der Waals surface area contributed by atoms with Crippen LogP contribution in [0.25, 0.3) is 0 Å². The highest BCUT2D eigenvalue weighted by atomic mass is 32.2. The Morgan fingerprint density at radius 1 is 1.35 bits per heavy atom. The van der Waals surface area contributed by atoms with E-state index in [1.165, 1.54) is 20.3 Å². The fourth-order valence-electron chi connectivity index (χ4n) is 1.91. The first-order chi connectivity index (χ1) is 9.44. The SMILES string of the molecule is COCC(C)NS(=O)(=O)c1ccc(OC)cc1CCN. The van der Waals surface area contributed by atoms with Gasteiger partial charge >= 0.3 is 0 Å². The summed E-state index contributed by atoms with van der Waals surface area (Å²) >= 11 is 0. The third kappa shape index (κ3) is 4.45. The molecule has 1 atom stereocenters. The Balaban J connectivity index is 3.10. The molecule has 0 bridgehead atoms. The quantitative estimate of drug-likeness (QED) is 0.730. The van der Waals surface area contributed by atoms with E-state index in [1.807, 2.05) is 0 Å². The Bertz CT molecular complexity index is 531. The second-order valence-corrected chi connectivity index (χ2v) is 6.17. The van der Waals surface area contributed by atoms with E-state index in [-0.39, 0.29) is 10.9 Å². The number of hydrogen-bond donors (Lipinski definition) is 2. The maximum atomic E-state index is 12.4. The first kappa shape index (κ1) is 16.9. The molecule has 1 unspecified atom stereocenters. The number of hydrogen-bond acceptors (Lipinski definition) is 5. The Morgan fingerprint density at radius 2 is 2.05 bits per heavy atom. The van der Waals surface area contributed by atoms with Gasteiger partial charge in [0.15, 0.2) is 0 Å². The summed E-state index contributed by atoms with van der Waals surface area (Å²) in [4.78, 5) is 0.228. The lowest BCUT2D eigenvalue weighted by molar-refractivity contribution is 0.180. The van der Waals surface area contributed by atoms with Gasteiger partial charge in [-0.2, -0.15) is 0 Å².